The van der Waals surface area contributed by atoms with Gasteiger partial charge in [0.1, 0.15) is 5.69 Å². The monoisotopic (exact) mass is 287 g/mol. The molecule has 0 aliphatic heterocycles. The number of carbonyl (C=O) groups is 1. The summed E-state index contributed by atoms with van der Waals surface area (Å²) < 4.78 is 0. The van der Waals surface area contributed by atoms with Crippen LogP contribution in [0.3, 0.4) is 0 Å². The first-order chi connectivity index (χ1) is 10.1. The Kier molecular flexibility index (Phi) is 5.11. The molecule has 1 amide bonds. The summed E-state index contributed by atoms with van der Waals surface area (Å²) in [5.41, 5.74) is 3.13. The predicted octanol–water partition coefficient (Wildman–Crippen LogP) is 2.13. The van der Waals surface area contributed by atoms with Crippen molar-refractivity contribution < 1.29 is 9.90 Å². The Morgan fingerprint density at radius 2 is 2.19 bits per heavy atom. The molecule has 3 N–H and O–H groups in total. The van der Waals surface area contributed by atoms with Gasteiger partial charge in [-0.15, -0.1) is 0 Å². The van der Waals surface area contributed by atoms with E-state index < -0.39 is 6.10 Å². The van der Waals surface area contributed by atoms with Gasteiger partial charge in [0.2, 0.25) is 0 Å². The zero-order valence-electron chi connectivity index (χ0n) is 12.4. The second-order valence-corrected chi connectivity index (χ2v) is 5.11. The molecule has 21 heavy (non-hydrogen) atoms. The van der Waals surface area contributed by atoms with E-state index in [0.717, 1.165) is 29.7 Å². The van der Waals surface area contributed by atoms with E-state index in [2.05, 4.69) is 22.4 Å². The molecule has 0 aliphatic rings. The fourth-order valence-corrected chi connectivity index (χ4v) is 2.23. The Morgan fingerprint density at radius 1 is 1.43 bits per heavy atom. The number of H-pyrrole nitrogens is 1. The molecule has 2 aromatic rings. The van der Waals surface area contributed by atoms with Crippen molar-refractivity contribution in [2.24, 2.45) is 0 Å². The summed E-state index contributed by atoms with van der Waals surface area (Å²) in [4.78, 5) is 12.0. The Bertz CT molecular complexity index is 607. The van der Waals surface area contributed by atoms with Crippen LogP contribution in [-0.4, -0.2) is 27.8 Å². The maximum atomic E-state index is 12.0. The van der Waals surface area contributed by atoms with Gasteiger partial charge in [-0.3, -0.25) is 9.89 Å². The number of rotatable bonds is 6. The van der Waals surface area contributed by atoms with Crippen LogP contribution in [-0.2, 0) is 6.42 Å². The standard InChI is InChI=1S/C16H21N3O2/c1-3-6-12-9-14(19-18-12)16(21)17-10-15(20)13-8-5-4-7-11(13)2/h4-5,7-9,15,20H,3,6,10H2,1-2H3,(H,17,21)(H,18,19). The fourth-order valence-electron chi connectivity index (χ4n) is 2.23. The molecule has 1 heterocycles. The highest BCUT2D eigenvalue weighted by molar-refractivity contribution is 5.92. The molecule has 0 aliphatic carbocycles. The molecule has 5 nitrogen and oxygen atoms in total. The lowest BCUT2D eigenvalue weighted by Crippen LogP contribution is -2.28. The van der Waals surface area contributed by atoms with E-state index in [9.17, 15) is 9.90 Å². The first-order valence-corrected chi connectivity index (χ1v) is 7.18. The smallest absolute Gasteiger partial charge is 0.271 e. The molecule has 1 atom stereocenters. The second-order valence-electron chi connectivity index (χ2n) is 5.11. The summed E-state index contributed by atoms with van der Waals surface area (Å²) in [5.74, 6) is -0.277. The Hall–Kier alpha value is -2.14. The van der Waals surface area contributed by atoms with Crippen LogP contribution in [0.5, 0.6) is 0 Å². The van der Waals surface area contributed by atoms with Crippen LogP contribution < -0.4 is 5.32 Å². The summed E-state index contributed by atoms with van der Waals surface area (Å²) in [7, 11) is 0. The van der Waals surface area contributed by atoms with Gasteiger partial charge in [-0.2, -0.15) is 5.10 Å². The van der Waals surface area contributed by atoms with Crippen LogP contribution in [0, 0.1) is 6.92 Å². The highest BCUT2D eigenvalue weighted by Crippen LogP contribution is 2.16. The van der Waals surface area contributed by atoms with Gasteiger partial charge in [-0.25, -0.2) is 0 Å². The summed E-state index contributed by atoms with van der Waals surface area (Å²) in [6.45, 7) is 4.17. The maximum Gasteiger partial charge on any atom is 0.271 e. The van der Waals surface area contributed by atoms with Crippen LogP contribution >= 0.6 is 0 Å². The third kappa shape index (κ3) is 3.92. The van der Waals surface area contributed by atoms with E-state index in [1.807, 2.05) is 31.2 Å². The number of aryl methyl sites for hydroxylation is 2. The minimum Gasteiger partial charge on any atom is -0.387 e. The number of nitrogens with zero attached hydrogens (tertiary/aromatic N) is 1. The second kappa shape index (κ2) is 7.04. The minimum absolute atomic E-state index is 0.166. The van der Waals surface area contributed by atoms with Crippen molar-refractivity contribution in [3.8, 4) is 0 Å². The zero-order chi connectivity index (χ0) is 15.2. The molecule has 0 fully saturated rings. The average molecular weight is 287 g/mol. The lowest BCUT2D eigenvalue weighted by molar-refractivity contribution is 0.0911. The first kappa shape index (κ1) is 15.3. The highest BCUT2D eigenvalue weighted by atomic mass is 16.3. The van der Waals surface area contributed by atoms with Gasteiger partial charge in [0.15, 0.2) is 0 Å². The molecule has 2 rings (SSSR count). The van der Waals surface area contributed by atoms with Gasteiger partial charge in [0.25, 0.3) is 5.91 Å². The SMILES string of the molecule is CCCc1cc(C(=O)NCC(O)c2ccccc2C)n[nH]1. The van der Waals surface area contributed by atoms with Gasteiger partial charge < -0.3 is 10.4 Å². The minimum atomic E-state index is -0.718. The van der Waals surface area contributed by atoms with Gasteiger partial charge in [0.05, 0.1) is 6.10 Å². The van der Waals surface area contributed by atoms with Crippen molar-refractivity contribution in [2.75, 3.05) is 6.54 Å². The van der Waals surface area contributed by atoms with Crippen LogP contribution in [0.15, 0.2) is 30.3 Å². The Balaban J connectivity index is 1.92. The quantitative estimate of drug-likeness (QED) is 0.761. The number of aliphatic hydroxyl groups is 1. The zero-order valence-corrected chi connectivity index (χ0v) is 12.4. The molecule has 0 saturated carbocycles. The molecule has 5 heteroatoms. The van der Waals surface area contributed by atoms with Gasteiger partial charge in [0, 0.05) is 12.2 Å². The molecule has 0 saturated heterocycles. The number of carbonyl (C=O) groups excluding carboxylic acids is 1. The van der Waals surface area contributed by atoms with Crippen molar-refractivity contribution in [1.29, 1.82) is 0 Å². The van der Waals surface area contributed by atoms with Crippen LogP contribution in [0.1, 0.15) is 46.8 Å². The number of hydrogen-bond donors (Lipinski definition) is 3. The number of aliphatic hydroxyl groups excluding tert-OH is 1. The van der Waals surface area contributed by atoms with E-state index in [1.165, 1.54) is 0 Å². The molecule has 0 bridgehead atoms. The predicted molar refractivity (Wildman–Crippen MR) is 81.1 cm³/mol. The Morgan fingerprint density at radius 3 is 2.90 bits per heavy atom. The average Bonchev–Trinajstić information content (AvgIpc) is 2.94. The summed E-state index contributed by atoms with van der Waals surface area (Å²) in [6, 6.07) is 9.34. The van der Waals surface area contributed by atoms with Crippen LogP contribution in [0.2, 0.25) is 0 Å². The van der Waals surface area contributed by atoms with Crippen molar-refractivity contribution in [3.63, 3.8) is 0 Å². The van der Waals surface area contributed by atoms with Gasteiger partial charge >= 0.3 is 0 Å². The number of benzene rings is 1. The molecule has 0 radical (unpaired) electrons. The van der Waals surface area contributed by atoms with E-state index in [4.69, 9.17) is 0 Å². The first-order valence-electron chi connectivity index (χ1n) is 7.18. The van der Waals surface area contributed by atoms with E-state index in [1.54, 1.807) is 6.07 Å². The number of amides is 1. The molecule has 112 valence electrons. The van der Waals surface area contributed by atoms with Crippen molar-refractivity contribution in [2.45, 2.75) is 32.8 Å². The van der Waals surface area contributed by atoms with E-state index in [-0.39, 0.29) is 12.5 Å². The van der Waals surface area contributed by atoms with E-state index in [0.29, 0.717) is 5.69 Å². The summed E-state index contributed by atoms with van der Waals surface area (Å²) in [6.07, 6.45) is 1.14. The number of nitrogens with one attached hydrogen (secondary N) is 2. The molecular weight excluding hydrogens is 266 g/mol. The third-order valence-corrected chi connectivity index (χ3v) is 3.39. The van der Waals surface area contributed by atoms with Crippen LogP contribution in [0.25, 0.3) is 0 Å². The number of aromatic amines is 1. The van der Waals surface area contributed by atoms with Crippen molar-refractivity contribution in [1.82, 2.24) is 15.5 Å². The van der Waals surface area contributed by atoms with Gasteiger partial charge in [-0.1, -0.05) is 37.6 Å². The largest absolute Gasteiger partial charge is 0.387 e. The number of hydrogen-bond acceptors (Lipinski definition) is 3. The lowest BCUT2D eigenvalue weighted by atomic mass is 10.0. The van der Waals surface area contributed by atoms with Crippen molar-refractivity contribution in [3.05, 3.63) is 52.8 Å². The highest BCUT2D eigenvalue weighted by Gasteiger charge is 2.14. The van der Waals surface area contributed by atoms with Gasteiger partial charge in [-0.05, 0) is 30.5 Å². The van der Waals surface area contributed by atoms with Crippen molar-refractivity contribution >= 4 is 5.91 Å². The summed E-state index contributed by atoms with van der Waals surface area (Å²) >= 11 is 0. The molecule has 1 unspecified atom stereocenters. The third-order valence-electron chi connectivity index (χ3n) is 3.39. The molecule has 0 spiro atoms. The number of aromatic nitrogens is 2. The summed E-state index contributed by atoms with van der Waals surface area (Å²) in [5, 5.41) is 19.7. The van der Waals surface area contributed by atoms with E-state index >= 15 is 0 Å². The lowest BCUT2D eigenvalue weighted by Gasteiger charge is -2.13. The normalized spacial score (nSPS) is 12.1. The fraction of sp³-hybridized carbons (Fsp3) is 0.375. The molecular formula is C16H21N3O2. The maximum absolute atomic E-state index is 12.0. The molecule has 1 aromatic carbocycles. The van der Waals surface area contributed by atoms with Crippen LogP contribution in [0.4, 0.5) is 0 Å². The Labute approximate surface area is 124 Å². The topological polar surface area (TPSA) is 78.0 Å². The molecule has 1 aromatic heterocycles.